The number of rotatable bonds is 4. The quantitative estimate of drug-likeness (QED) is 0.780. The van der Waals surface area contributed by atoms with Gasteiger partial charge in [0.2, 0.25) is 0 Å². The number of nitrogens with one attached hydrogen (secondary N) is 1. The molecule has 1 aromatic carbocycles. The van der Waals surface area contributed by atoms with Crippen molar-refractivity contribution >= 4 is 0 Å². The van der Waals surface area contributed by atoms with Gasteiger partial charge in [0, 0.05) is 6.04 Å². The van der Waals surface area contributed by atoms with Crippen molar-refractivity contribution in [1.29, 1.82) is 0 Å². The zero-order valence-corrected chi connectivity index (χ0v) is 13.0. The van der Waals surface area contributed by atoms with Crippen LogP contribution in [0.15, 0.2) is 29.8 Å². The molecule has 0 aromatic heterocycles. The number of allylic oxidation sites excluding steroid dienone is 2. The van der Waals surface area contributed by atoms with Crippen molar-refractivity contribution in [1.82, 2.24) is 5.32 Å². The van der Waals surface area contributed by atoms with Crippen LogP contribution in [0.4, 0.5) is 4.39 Å². The van der Waals surface area contributed by atoms with E-state index in [0.29, 0.717) is 17.4 Å². The highest BCUT2D eigenvalue weighted by molar-refractivity contribution is 5.25. The molecule has 0 fully saturated rings. The van der Waals surface area contributed by atoms with Crippen molar-refractivity contribution in [3.8, 4) is 0 Å². The predicted octanol–water partition coefficient (Wildman–Crippen LogP) is 4.78. The van der Waals surface area contributed by atoms with Gasteiger partial charge in [0.1, 0.15) is 5.82 Å². The second-order valence-corrected chi connectivity index (χ2v) is 6.43. The molecule has 1 aliphatic carbocycles. The molecule has 20 heavy (non-hydrogen) atoms. The van der Waals surface area contributed by atoms with Crippen LogP contribution in [0.5, 0.6) is 0 Å². The second-order valence-electron chi connectivity index (χ2n) is 6.43. The Balaban J connectivity index is 1.90. The molecule has 2 heteroatoms. The van der Waals surface area contributed by atoms with Crippen LogP contribution in [0.1, 0.15) is 50.8 Å². The normalized spacial score (nSPS) is 24.4. The lowest BCUT2D eigenvalue weighted by Crippen LogP contribution is -2.28. The summed E-state index contributed by atoms with van der Waals surface area (Å²) in [4.78, 5) is 0. The second kappa shape index (κ2) is 6.53. The number of halogens is 1. The Morgan fingerprint density at radius 3 is 2.75 bits per heavy atom. The van der Waals surface area contributed by atoms with Gasteiger partial charge in [-0.1, -0.05) is 30.7 Å². The fourth-order valence-corrected chi connectivity index (χ4v) is 3.18. The first kappa shape index (κ1) is 15.2. The lowest BCUT2D eigenvalue weighted by atomic mass is 9.83. The summed E-state index contributed by atoms with van der Waals surface area (Å²) < 4.78 is 13.6. The molecule has 0 radical (unpaired) electrons. The van der Waals surface area contributed by atoms with Crippen LogP contribution in [0, 0.1) is 24.6 Å². The Hall–Kier alpha value is -1.15. The van der Waals surface area contributed by atoms with Crippen LogP contribution >= 0.6 is 0 Å². The first-order valence-electron chi connectivity index (χ1n) is 7.62. The highest BCUT2D eigenvalue weighted by atomic mass is 19.1. The fourth-order valence-electron chi connectivity index (χ4n) is 3.18. The van der Waals surface area contributed by atoms with E-state index >= 15 is 0 Å². The average molecular weight is 275 g/mol. The van der Waals surface area contributed by atoms with Gasteiger partial charge in [-0.2, -0.15) is 0 Å². The molecule has 3 atom stereocenters. The molecule has 1 N–H and O–H groups in total. The molecule has 0 bridgehead atoms. The predicted molar refractivity (Wildman–Crippen MR) is 83.2 cm³/mol. The Kier molecular flexibility index (Phi) is 4.98. The molecule has 0 heterocycles. The Bertz CT molecular complexity index is 492. The third-order valence-electron chi connectivity index (χ3n) is 4.29. The molecule has 1 nitrogen and oxygen atoms in total. The van der Waals surface area contributed by atoms with E-state index in [1.54, 1.807) is 13.0 Å². The van der Waals surface area contributed by atoms with Gasteiger partial charge in [0.15, 0.2) is 0 Å². The van der Waals surface area contributed by atoms with E-state index in [0.717, 1.165) is 12.1 Å². The molecule has 0 amide bonds. The Morgan fingerprint density at radius 1 is 1.35 bits per heavy atom. The summed E-state index contributed by atoms with van der Waals surface area (Å²) in [7, 11) is 0. The summed E-state index contributed by atoms with van der Waals surface area (Å²) in [5.41, 5.74) is 3.25. The number of hydrogen-bond acceptors (Lipinski definition) is 1. The van der Waals surface area contributed by atoms with E-state index in [4.69, 9.17) is 0 Å². The van der Waals surface area contributed by atoms with E-state index in [-0.39, 0.29) is 11.9 Å². The van der Waals surface area contributed by atoms with Crippen LogP contribution in [-0.2, 0) is 0 Å². The first-order chi connectivity index (χ1) is 9.45. The lowest BCUT2D eigenvalue weighted by molar-refractivity contribution is 0.366. The topological polar surface area (TPSA) is 12.0 Å². The highest BCUT2D eigenvalue weighted by Crippen LogP contribution is 2.28. The maximum absolute atomic E-state index is 13.6. The van der Waals surface area contributed by atoms with Crippen LogP contribution in [-0.4, -0.2) is 6.54 Å². The first-order valence-corrected chi connectivity index (χ1v) is 7.62. The molecule has 1 aliphatic rings. The highest BCUT2D eigenvalue weighted by Gasteiger charge is 2.18. The van der Waals surface area contributed by atoms with Gasteiger partial charge in [0.05, 0.1) is 0 Å². The average Bonchev–Trinajstić information content (AvgIpc) is 2.38. The molecule has 2 rings (SSSR count). The van der Waals surface area contributed by atoms with Crippen molar-refractivity contribution in [3.63, 3.8) is 0 Å². The minimum Gasteiger partial charge on any atom is -0.310 e. The third-order valence-corrected chi connectivity index (χ3v) is 4.29. The summed E-state index contributed by atoms with van der Waals surface area (Å²) in [5, 5.41) is 3.56. The third kappa shape index (κ3) is 3.92. The maximum Gasteiger partial charge on any atom is 0.126 e. The summed E-state index contributed by atoms with van der Waals surface area (Å²) in [6.45, 7) is 9.43. The molecule has 0 aliphatic heterocycles. The van der Waals surface area contributed by atoms with E-state index in [1.807, 2.05) is 12.1 Å². The number of hydrogen-bond donors (Lipinski definition) is 1. The van der Waals surface area contributed by atoms with E-state index in [1.165, 1.54) is 18.4 Å². The van der Waals surface area contributed by atoms with Gasteiger partial charge in [-0.15, -0.1) is 0 Å². The van der Waals surface area contributed by atoms with Crippen molar-refractivity contribution in [2.75, 3.05) is 6.54 Å². The molecule has 1 aromatic rings. The molecule has 0 saturated carbocycles. The summed E-state index contributed by atoms with van der Waals surface area (Å²) >= 11 is 0. The van der Waals surface area contributed by atoms with Crippen molar-refractivity contribution in [2.45, 2.75) is 46.6 Å². The minimum absolute atomic E-state index is 0.110. The Labute approximate surface area is 122 Å². The van der Waals surface area contributed by atoms with E-state index in [9.17, 15) is 4.39 Å². The zero-order valence-electron chi connectivity index (χ0n) is 13.0. The maximum atomic E-state index is 13.6. The van der Waals surface area contributed by atoms with E-state index in [2.05, 4.69) is 32.2 Å². The van der Waals surface area contributed by atoms with Gasteiger partial charge >= 0.3 is 0 Å². The molecule has 0 spiro atoms. The van der Waals surface area contributed by atoms with Crippen molar-refractivity contribution < 1.29 is 4.39 Å². The number of benzene rings is 1. The summed E-state index contributed by atoms with van der Waals surface area (Å²) in [6.07, 6.45) is 4.82. The largest absolute Gasteiger partial charge is 0.310 e. The SMILES string of the molecule is CC1=CC(C)CC(CNC(C)c2ccc(C)c(F)c2)C1. The molecular formula is C18H26FN. The van der Waals surface area contributed by atoms with Gasteiger partial charge in [0.25, 0.3) is 0 Å². The van der Waals surface area contributed by atoms with Gasteiger partial charge < -0.3 is 5.32 Å². The van der Waals surface area contributed by atoms with Crippen LogP contribution in [0.25, 0.3) is 0 Å². The smallest absolute Gasteiger partial charge is 0.126 e. The molecule has 3 unspecified atom stereocenters. The monoisotopic (exact) mass is 275 g/mol. The van der Waals surface area contributed by atoms with Gasteiger partial charge in [-0.3, -0.25) is 0 Å². The Morgan fingerprint density at radius 2 is 2.10 bits per heavy atom. The van der Waals surface area contributed by atoms with Crippen LogP contribution in [0.2, 0.25) is 0 Å². The summed E-state index contributed by atoms with van der Waals surface area (Å²) in [5.74, 6) is 1.27. The van der Waals surface area contributed by atoms with Gasteiger partial charge in [-0.25, -0.2) is 4.39 Å². The summed E-state index contributed by atoms with van der Waals surface area (Å²) in [6, 6.07) is 5.73. The number of aryl methyl sites for hydroxylation is 1. The van der Waals surface area contributed by atoms with Crippen LogP contribution < -0.4 is 5.32 Å². The zero-order chi connectivity index (χ0) is 14.7. The molecule has 0 saturated heterocycles. The van der Waals surface area contributed by atoms with Crippen molar-refractivity contribution in [3.05, 3.63) is 46.8 Å². The van der Waals surface area contributed by atoms with E-state index < -0.39 is 0 Å². The van der Waals surface area contributed by atoms with Crippen molar-refractivity contribution in [2.24, 2.45) is 11.8 Å². The van der Waals surface area contributed by atoms with Crippen LogP contribution in [0.3, 0.4) is 0 Å². The van der Waals surface area contributed by atoms with Gasteiger partial charge in [-0.05, 0) is 69.2 Å². The fraction of sp³-hybridized carbons (Fsp3) is 0.556. The standard InChI is InChI=1S/C18H26FN/c1-12-7-13(2)9-16(8-12)11-20-15(4)17-6-5-14(3)18(19)10-17/h5-7,10,12,15-16,20H,8-9,11H2,1-4H3. The molecule has 110 valence electrons. The molecular weight excluding hydrogens is 249 g/mol. The lowest BCUT2D eigenvalue weighted by Gasteiger charge is -2.27. The minimum atomic E-state index is -0.110.